The monoisotopic (exact) mass is 273 g/mol. The number of amides is 1. The highest BCUT2D eigenvalue weighted by atomic mass is 35.5. The first-order chi connectivity index (χ1) is 8.15. The summed E-state index contributed by atoms with van der Waals surface area (Å²) in [4.78, 5) is 11.7. The second kappa shape index (κ2) is 7.45. The SMILES string of the molecule is CSCCCCNC(=O)c1ccc(Cl)cc1O. The van der Waals surface area contributed by atoms with Gasteiger partial charge in [-0.2, -0.15) is 11.8 Å². The highest BCUT2D eigenvalue weighted by Crippen LogP contribution is 2.21. The van der Waals surface area contributed by atoms with Gasteiger partial charge >= 0.3 is 0 Å². The Labute approximate surface area is 111 Å². The Hall–Kier alpha value is -0.870. The van der Waals surface area contributed by atoms with Gasteiger partial charge in [0.1, 0.15) is 5.75 Å². The predicted octanol–water partition coefficient (Wildman–Crippen LogP) is 2.92. The van der Waals surface area contributed by atoms with E-state index in [1.165, 1.54) is 12.1 Å². The molecule has 0 saturated heterocycles. The lowest BCUT2D eigenvalue weighted by molar-refractivity contribution is 0.0950. The van der Waals surface area contributed by atoms with Gasteiger partial charge in [0.2, 0.25) is 0 Å². The number of thioether (sulfide) groups is 1. The Morgan fingerprint density at radius 2 is 2.24 bits per heavy atom. The number of carbonyl (C=O) groups is 1. The summed E-state index contributed by atoms with van der Waals surface area (Å²) in [5.74, 6) is 0.754. The molecule has 2 N–H and O–H groups in total. The molecule has 94 valence electrons. The topological polar surface area (TPSA) is 49.3 Å². The highest BCUT2D eigenvalue weighted by molar-refractivity contribution is 7.98. The van der Waals surface area contributed by atoms with E-state index < -0.39 is 0 Å². The van der Waals surface area contributed by atoms with Gasteiger partial charge in [0.05, 0.1) is 5.56 Å². The molecule has 0 bridgehead atoms. The van der Waals surface area contributed by atoms with Crippen molar-refractivity contribution in [2.24, 2.45) is 0 Å². The van der Waals surface area contributed by atoms with E-state index in [1.807, 2.05) is 0 Å². The summed E-state index contributed by atoms with van der Waals surface area (Å²) in [7, 11) is 0. The Balaban J connectivity index is 2.42. The smallest absolute Gasteiger partial charge is 0.255 e. The van der Waals surface area contributed by atoms with Crippen LogP contribution < -0.4 is 5.32 Å². The summed E-state index contributed by atoms with van der Waals surface area (Å²) in [6.45, 7) is 0.626. The van der Waals surface area contributed by atoms with Crippen molar-refractivity contribution in [1.82, 2.24) is 5.32 Å². The number of halogens is 1. The number of hydrogen-bond acceptors (Lipinski definition) is 3. The molecular formula is C12H16ClNO2S. The number of hydrogen-bond donors (Lipinski definition) is 2. The van der Waals surface area contributed by atoms with Crippen molar-refractivity contribution in [2.45, 2.75) is 12.8 Å². The van der Waals surface area contributed by atoms with Crippen molar-refractivity contribution >= 4 is 29.3 Å². The van der Waals surface area contributed by atoms with Crippen LogP contribution in [0.25, 0.3) is 0 Å². The highest BCUT2D eigenvalue weighted by Gasteiger charge is 2.10. The van der Waals surface area contributed by atoms with Crippen LogP contribution in [0.2, 0.25) is 5.02 Å². The minimum absolute atomic E-state index is 0.0842. The molecule has 0 heterocycles. The summed E-state index contributed by atoms with van der Waals surface area (Å²) < 4.78 is 0. The third kappa shape index (κ3) is 4.88. The third-order valence-corrected chi connectivity index (χ3v) is 3.20. The van der Waals surface area contributed by atoms with E-state index in [0.717, 1.165) is 18.6 Å². The van der Waals surface area contributed by atoms with Gasteiger partial charge < -0.3 is 10.4 Å². The molecule has 1 aromatic carbocycles. The number of benzene rings is 1. The van der Waals surface area contributed by atoms with E-state index in [4.69, 9.17) is 11.6 Å². The second-order valence-electron chi connectivity index (χ2n) is 3.62. The summed E-state index contributed by atoms with van der Waals surface area (Å²) in [5.41, 5.74) is 0.263. The van der Waals surface area contributed by atoms with Crippen LogP contribution in [0, 0.1) is 0 Å². The molecule has 5 heteroatoms. The predicted molar refractivity (Wildman–Crippen MR) is 73.1 cm³/mol. The van der Waals surface area contributed by atoms with Crippen molar-refractivity contribution in [3.8, 4) is 5.75 Å². The molecule has 0 saturated carbocycles. The fraction of sp³-hybridized carbons (Fsp3) is 0.417. The number of phenolic OH excluding ortho intramolecular Hbond substituents is 1. The fourth-order valence-electron chi connectivity index (χ4n) is 1.37. The van der Waals surface area contributed by atoms with Gasteiger partial charge in [-0.1, -0.05) is 11.6 Å². The molecule has 0 aliphatic heterocycles. The maximum Gasteiger partial charge on any atom is 0.255 e. The van der Waals surface area contributed by atoms with Crippen molar-refractivity contribution in [1.29, 1.82) is 0 Å². The summed E-state index contributed by atoms with van der Waals surface area (Å²) in [5, 5.41) is 12.7. The molecule has 1 amide bonds. The van der Waals surface area contributed by atoms with Crippen LogP contribution in [0.1, 0.15) is 23.2 Å². The van der Waals surface area contributed by atoms with Crippen LogP contribution in [-0.4, -0.2) is 29.6 Å². The number of carbonyl (C=O) groups excluding carboxylic acids is 1. The van der Waals surface area contributed by atoms with E-state index in [9.17, 15) is 9.90 Å². The molecule has 0 radical (unpaired) electrons. The van der Waals surface area contributed by atoms with Gasteiger partial charge in [0, 0.05) is 11.6 Å². The Morgan fingerprint density at radius 1 is 1.47 bits per heavy atom. The molecule has 17 heavy (non-hydrogen) atoms. The van der Waals surface area contributed by atoms with Crippen LogP contribution in [0.4, 0.5) is 0 Å². The molecule has 1 rings (SSSR count). The zero-order chi connectivity index (χ0) is 12.7. The van der Waals surface area contributed by atoms with Crippen molar-refractivity contribution in [2.75, 3.05) is 18.6 Å². The first kappa shape index (κ1) is 14.2. The number of phenols is 1. The summed E-state index contributed by atoms with van der Waals surface area (Å²) in [6.07, 6.45) is 4.08. The average molecular weight is 274 g/mol. The van der Waals surface area contributed by atoms with Gasteiger partial charge in [-0.15, -0.1) is 0 Å². The number of rotatable bonds is 6. The summed E-state index contributed by atoms with van der Waals surface area (Å²) in [6, 6.07) is 4.48. The Morgan fingerprint density at radius 3 is 2.88 bits per heavy atom. The van der Waals surface area contributed by atoms with E-state index in [-0.39, 0.29) is 17.2 Å². The zero-order valence-electron chi connectivity index (χ0n) is 9.70. The minimum atomic E-state index is -0.261. The normalized spacial score (nSPS) is 10.2. The first-order valence-corrected chi connectivity index (χ1v) is 7.18. The Kier molecular flexibility index (Phi) is 6.22. The maximum atomic E-state index is 11.7. The van der Waals surface area contributed by atoms with Crippen LogP contribution in [0.5, 0.6) is 5.75 Å². The molecular weight excluding hydrogens is 258 g/mol. The number of nitrogens with one attached hydrogen (secondary N) is 1. The fourth-order valence-corrected chi connectivity index (χ4v) is 2.02. The first-order valence-electron chi connectivity index (χ1n) is 5.41. The molecule has 0 spiro atoms. The summed E-state index contributed by atoms with van der Waals surface area (Å²) >= 11 is 7.48. The lowest BCUT2D eigenvalue weighted by Crippen LogP contribution is -2.24. The van der Waals surface area contributed by atoms with Crippen LogP contribution in [-0.2, 0) is 0 Å². The maximum absolute atomic E-state index is 11.7. The molecule has 0 aromatic heterocycles. The van der Waals surface area contributed by atoms with Crippen LogP contribution >= 0.6 is 23.4 Å². The van der Waals surface area contributed by atoms with Crippen molar-refractivity contribution in [3.63, 3.8) is 0 Å². The van der Waals surface area contributed by atoms with E-state index >= 15 is 0 Å². The van der Waals surface area contributed by atoms with Gasteiger partial charge in [-0.3, -0.25) is 4.79 Å². The van der Waals surface area contributed by atoms with E-state index in [1.54, 1.807) is 17.8 Å². The molecule has 0 aliphatic rings. The van der Waals surface area contributed by atoms with Gasteiger partial charge in [-0.25, -0.2) is 0 Å². The largest absolute Gasteiger partial charge is 0.507 e. The van der Waals surface area contributed by atoms with E-state index in [0.29, 0.717) is 11.6 Å². The minimum Gasteiger partial charge on any atom is -0.507 e. The van der Waals surface area contributed by atoms with Gasteiger partial charge in [0.25, 0.3) is 5.91 Å². The second-order valence-corrected chi connectivity index (χ2v) is 5.04. The molecule has 3 nitrogen and oxygen atoms in total. The standard InChI is InChI=1S/C12H16ClNO2S/c1-17-7-3-2-6-14-12(16)10-5-4-9(13)8-11(10)15/h4-5,8,15H,2-3,6-7H2,1H3,(H,14,16). The van der Waals surface area contributed by atoms with Crippen molar-refractivity contribution < 1.29 is 9.90 Å². The number of aromatic hydroxyl groups is 1. The number of unbranched alkanes of at least 4 members (excludes halogenated alkanes) is 1. The molecule has 0 aliphatic carbocycles. The lowest BCUT2D eigenvalue weighted by atomic mass is 10.2. The molecule has 0 unspecified atom stereocenters. The lowest BCUT2D eigenvalue weighted by Gasteiger charge is -2.06. The quantitative estimate of drug-likeness (QED) is 0.784. The molecule has 0 fully saturated rings. The van der Waals surface area contributed by atoms with Crippen molar-refractivity contribution in [3.05, 3.63) is 28.8 Å². The van der Waals surface area contributed by atoms with Crippen LogP contribution in [0.15, 0.2) is 18.2 Å². The Bertz CT molecular complexity index is 385. The molecule has 0 atom stereocenters. The average Bonchev–Trinajstić information content (AvgIpc) is 2.28. The van der Waals surface area contributed by atoms with Crippen LogP contribution in [0.3, 0.4) is 0 Å². The zero-order valence-corrected chi connectivity index (χ0v) is 11.3. The van der Waals surface area contributed by atoms with E-state index in [2.05, 4.69) is 11.6 Å². The van der Waals surface area contributed by atoms with Gasteiger partial charge in [-0.05, 0) is 43.0 Å². The molecule has 1 aromatic rings. The van der Waals surface area contributed by atoms with Gasteiger partial charge in [0.15, 0.2) is 0 Å². The third-order valence-electron chi connectivity index (χ3n) is 2.27.